The fourth-order valence-electron chi connectivity index (χ4n) is 1.95. The molecule has 2 aromatic carbocycles. The monoisotopic (exact) mass is 280 g/mol. The third-order valence-electron chi connectivity index (χ3n) is 2.96. The van der Waals surface area contributed by atoms with Gasteiger partial charge in [-0.3, -0.25) is 0 Å². The largest absolute Gasteiger partial charge is 0.384 e. The van der Waals surface area contributed by atoms with Gasteiger partial charge < -0.3 is 5.11 Å². The highest BCUT2D eigenvalue weighted by Gasteiger charge is 2.07. The molecule has 1 atom stereocenters. The lowest BCUT2D eigenvalue weighted by atomic mass is 10.0. The van der Waals surface area contributed by atoms with Gasteiger partial charge >= 0.3 is 0 Å². The van der Waals surface area contributed by atoms with Crippen LogP contribution in [-0.4, -0.2) is 5.11 Å². The van der Waals surface area contributed by atoms with E-state index in [4.69, 9.17) is 0 Å². The van der Waals surface area contributed by atoms with E-state index in [0.29, 0.717) is 0 Å². The molecule has 0 saturated carbocycles. The van der Waals surface area contributed by atoms with E-state index in [1.54, 1.807) is 18.2 Å². The van der Waals surface area contributed by atoms with Crippen LogP contribution in [-0.2, 0) is 0 Å². The summed E-state index contributed by atoms with van der Waals surface area (Å²) in [5, 5.41) is 10.2. The molecule has 0 fully saturated rings. The van der Waals surface area contributed by atoms with Gasteiger partial charge in [0.05, 0.1) is 6.10 Å². The second-order valence-electron chi connectivity index (χ2n) is 5.03. The van der Waals surface area contributed by atoms with Crippen LogP contribution in [0.15, 0.2) is 60.2 Å². The lowest BCUT2D eigenvalue weighted by molar-refractivity contribution is 0.227. The quantitative estimate of drug-likeness (QED) is 0.645. The van der Waals surface area contributed by atoms with Crippen molar-refractivity contribution in [2.75, 3.05) is 0 Å². The van der Waals surface area contributed by atoms with Crippen LogP contribution in [0.1, 0.15) is 36.6 Å². The molecule has 0 saturated heterocycles. The number of hydrogen-bond acceptors (Lipinski definition) is 1. The molecule has 1 N–H and O–H groups in total. The summed E-state index contributed by atoms with van der Waals surface area (Å²) in [6.07, 6.45) is 1.12. The number of allylic oxidation sites excluding steroid dienone is 1. The van der Waals surface area contributed by atoms with Gasteiger partial charge in [0.15, 0.2) is 0 Å². The molecule has 2 heteroatoms. The van der Waals surface area contributed by atoms with E-state index < -0.39 is 6.10 Å². The molecule has 0 aliphatic rings. The topological polar surface area (TPSA) is 20.2 Å². The van der Waals surface area contributed by atoms with Crippen LogP contribution in [0.4, 0.5) is 4.39 Å². The maximum Gasteiger partial charge on any atom is 0.123 e. The maximum absolute atomic E-state index is 12.9. The predicted molar refractivity (Wildman–Crippen MR) is 83.2 cm³/mol. The van der Waals surface area contributed by atoms with Crippen LogP contribution < -0.4 is 0 Å². The standard InChI is InChI=1S/C19H17FO/c1-14(2)13-19(21)18-6-4-3-5-16(18)10-7-15-8-11-17(20)12-9-15/h3-6,8-9,11-13,19,21H,1-2H3. The number of aliphatic hydroxyl groups is 1. The fourth-order valence-corrected chi connectivity index (χ4v) is 1.95. The minimum Gasteiger partial charge on any atom is -0.384 e. The van der Waals surface area contributed by atoms with Crippen LogP contribution >= 0.6 is 0 Å². The first kappa shape index (κ1) is 15.0. The van der Waals surface area contributed by atoms with Gasteiger partial charge in [0.1, 0.15) is 5.82 Å². The Hall–Kier alpha value is -2.37. The molecular weight excluding hydrogens is 263 g/mol. The normalized spacial score (nSPS) is 11.2. The first-order valence-electron chi connectivity index (χ1n) is 6.76. The lowest BCUT2D eigenvalue weighted by Gasteiger charge is -2.09. The summed E-state index contributed by atoms with van der Waals surface area (Å²) in [7, 11) is 0. The van der Waals surface area contributed by atoms with E-state index in [9.17, 15) is 9.50 Å². The summed E-state index contributed by atoms with van der Waals surface area (Å²) in [6, 6.07) is 13.5. The molecule has 21 heavy (non-hydrogen) atoms. The summed E-state index contributed by atoms with van der Waals surface area (Å²) >= 11 is 0. The molecular formula is C19H17FO. The first-order valence-corrected chi connectivity index (χ1v) is 6.76. The Balaban J connectivity index is 2.33. The molecule has 0 heterocycles. The highest BCUT2D eigenvalue weighted by atomic mass is 19.1. The molecule has 0 aliphatic carbocycles. The summed E-state index contributed by atoms with van der Waals surface area (Å²) in [5.41, 5.74) is 3.33. The van der Waals surface area contributed by atoms with Gasteiger partial charge in [-0.05, 0) is 49.7 Å². The molecule has 0 bridgehead atoms. The van der Waals surface area contributed by atoms with Gasteiger partial charge in [-0.1, -0.05) is 41.7 Å². The highest BCUT2D eigenvalue weighted by molar-refractivity contribution is 5.48. The van der Waals surface area contributed by atoms with Gasteiger partial charge in [-0.25, -0.2) is 4.39 Å². The zero-order chi connectivity index (χ0) is 15.2. The molecule has 0 spiro atoms. The Morgan fingerprint density at radius 1 is 1.05 bits per heavy atom. The third-order valence-corrected chi connectivity index (χ3v) is 2.96. The van der Waals surface area contributed by atoms with Crippen molar-refractivity contribution in [3.63, 3.8) is 0 Å². The van der Waals surface area contributed by atoms with E-state index in [1.807, 2.05) is 38.1 Å². The number of rotatable bonds is 2. The Morgan fingerprint density at radius 2 is 1.71 bits per heavy atom. The third kappa shape index (κ3) is 4.30. The summed E-state index contributed by atoms with van der Waals surface area (Å²) in [6.45, 7) is 3.88. The minimum atomic E-state index is -0.672. The van der Waals surface area contributed by atoms with Gasteiger partial charge in [0.25, 0.3) is 0 Å². The summed E-state index contributed by atoms with van der Waals surface area (Å²) in [5.74, 6) is 5.75. The van der Waals surface area contributed by atoms with E-state index >= 15 is 0 Å². The van der Waals surface area contributed by atoms with Gasteiger partial charge in [-0.2, -0.15) is 0 Å². The van der Waals surface area contributed by atoms with Crippen LogP contribution in [0.25, 0.3) is 0 Å². The van der Waals surface area contributed by atoms with E-state index in [-0.39, 0.29) is 5.82 Å². The number of aliphatic hydroxyl groups excluding tert-OH is 1. The minimum absolute atomic E-state index is 0.278. The molecule has 0 radical (unpaired) electrons. The van der Waals surface area contributed by atoms with Crippen LogP contribution in [0.3, 0.4) is 0 Å². The molecule has 2 aromatic rings. The average Bonchev–Trinajstić information content (AvgIpc) is 2.46. The van der Waals surface area contributed by atoms with Crippen molar-refractivity contribution in [1.82, 2.24) is 0 Å². The Morgan fingerprint density at radius 3 is 2.38 bits per heavy atom. The zero-order valence-corrected chi connectivity index (χ0v) is 12.1. The molecule has 0 amide bonds. The van der Waals surface area contributed by atoms with Crippen molar-refractivity contribution in [1.29, 1.82) is 0 Å². The van der Waals surface area contributed by atoms with Crippen LogP contribution in [0, 0.1) is 17.7 Å². The van der Waals surface area contributed by atoms with Crippen molar-refractivity contribution in [2.24, 2.45) is 0 Å². The summed E-state index contributed by atoms with van der Waals surface area (Å²) in [4.78, 5) is 0. The predicted octanol–water partition coefficient (Wildman–Crippen LogP) is 4.23. The van der Waals surface area contributed by atoms with Crippen molar-refractivity contribution >= 4 is 0 Å². The van der Waals surface area contributed by atoms with Crippen molar-refractivity contribution in [2.45, 2.75) is 20.0 Å². The van der Waals surface area contributed by atoms with Crippen molar-refractivity contribution < 1.29 is 9.50 Å². The van der Waals surface area contributed by atoms with E-state index in [2.05, 4.69) is 11.8 Å². The number of hydrogen-bond donors (Lipinski definition) is 1. The van der Waals surface area contributed by atoms with Gasteiger partial charge in [0, 0.05) is 11.1 Å². The molecule has 0 aromatic heterocycles. The van der Waals surface area contributed by atoms with E-state index in [0.717, 1.165) is 22.3 Å². The number of halogens is 1. The lowest BCUT2D eigenvalue weighted by Crippen LogP contribution is -1.97. The molecule has 0 aliphatic heterocycles. The molecule has 1 unspecified atom stereocenters. The van der Waals surface area contributed by atoms with Crippen molar-refractivity contribution in [3.05, 3.63) is 82.7 Å². The SMILES string of the molecule is CC(C)=CC(O)c1ccccc1C#Cc1ccc(F)cc1. The van der Waals surface area contributed by atoms with Gasteiger partial charge in [0.2, 0.25) is 0 Å². The van der Waals surface area contributed by atoms with Crippen LogP contribution in [0.2, 0.25) is 0 Å². The average molecular weight is 280 g/mol. The first-order chi connectivity index (χ1) is 10.1. The summed E-state index contributed by atoms with van der Waals surface area (Å²) < 4.78 is 12.9. The molecule has 1 nitrogen and oxygen atoms in total. The zero-order valence-electron chi connectivity index (χ0n) is 12.1. The fraction of sp³-hybridized carbons (Fsp3) is 0.158. The Kier molecular flexibility index (Phi) is 4.92. The highest BCUT2D eigenvalue weighted by Crippen LogP contribution is 2.19. The maximum atomic E-state index is 12.9. The number of benzene rings is 2. The second-order valence-corrected chi connectivity index (χ2v) is 5.03. The van der Waals surface area contributed by atoms with Crippen molar-refractivity contribution in [3.8, 4) is 11.8 Å². The Bertz CT molecular complexity index is 698. The molecule has 106 valence electrons. The van der Waals surface area contributed by atoms with Crippen LogP contribution in [0.5, 0.6) is 0 Å². The molecule has 2 rings (SSSR count). The van der Waals surface area contributed by atoms with Gasteiger partial charge in [-0.15, -0.1) is 0 Å². The smallest absolute Gasteiger partial charge is 0.123 e. The van der Waals surface area contributed by atoms with E-state index in [1.165, 1.54) is 12.1 Å². The second kappa shape index (κ2) is 6.88. The Labute approximate surface area is 124 Å².